The van der Waals surface area contributed by atoms with E-state index in [1.54, 1.807) is 24.4 Å². The second kappa shape index (κ2) is 16.4. The van der Waals surface area contributed by atoms with E-state index in [0.29, 0.717) is 88.9 Å². The quantitative estimate of drug-likeness (QED) is 0.0903. The molecule has 1 unspecified atom stereocenters. The fraction of sp³-hybridized carbons (Fsp3) is 0.565. The smallest absolute Gasteiger partial charge is 0.319 e. The van der Waals surface area contributed by atoms with Crippen molar-refractivity contribution in [3.05, 3.63) is 47.7 Å². The van der Waals surface area contributed by atoms with Crippen molar-refractivity contribution in [2.45, 2.75) is 108 Å². The van der Waals surface area contributed by atoms with E-state index in [1.807, 2.05) is 0 Å². The molecule has 4 fully saturated rings. The molecule has 1 spiro atoms. The number of amides is 1. The van der Waals surface area contributed by atoms with Crippen LogP contribution in [0, 0.1) is 28.5 Å². The minimum Gasteiger partial charge on any atom is -0.468 e. The van der Waals surface area contributed by atoms with Gasteiger partial charge in [-0.2, -0.15) is 9.97 Å². The van der Waals surface area contributed by atoms with Crippen LogP contribution in [0.3, 0.4) is 0 Å². The number of aromatic nitrogens is 3. The Morgan fingerprint density at radius 1 is 1.02 bits per heavy atom. The third-order valence-electron chi connectivity index (χ3n) is 13.9. The van der Waals surface area contributed by atoms with Crippen LogP contribution in [0.5, 0.6) is 11.8 Å². The van der Waals surface area contributed by atoms with E-state index in [2.05, 4.69) is 68.1 Å². The van der Waals surface area contributed by atoms with E-state index in [1.165, 1.54) is 13.2 Å². The predicted octanol–water partition coefficient (Wildman–Crippen LogP) is 8.74. The Morgan fingerprint density at radius 2 is 1.78 bits per heavy atom. The monoisotopic (exact) mass is 842 g/mol. The number of halogens is 3. The van der Waals surface area contributed by atoms with Crippen LogP contribution >= 0.6 is 0 Å². The molecule has 8 rings (SSSR count). The number of hydrogen-bond acceptors (Lipinski definition) is 9. The zero-order chi connectivity index (χ0) is 42.6. The number of pyridine rings is 1. The molecule has 0 aliphatic carbocycles. The van der Waals surface area contributed by atoms with Crippen molar-refractivity contribution < 1.29 is 32.2 Å². The molecule has 60 heavy (non-hydrogen) atoms. The molecule has 4 saturated heterocycles. The van der Waals surface area contributed by atoms with Gasteiger partial charge in [0.15, 0.2) is 12.6 Å². The van der Waals surface area contributed by atoms with Crippen molar-refractivity contribution in [2.24, 2.45) is 5.41 Å². The van der Waals surface area contributed by atoms with E-state index in [9.17, 15) is 9.18 Å². The van der Waals surface area contributed by atoms with E-state index in [-0.39, 0.29) is 47.5 Å². The van der Waals surface area contributed by atoms with Crippen LogP contribution in [0.25, 0.3) is 32.9 Å². The Bertz CT molecular complexity index is 2350. The largest absolute Gasteiger partial charge is 0.468 e. The summed E-state index contributed by atoms with van der Waals surface area (Å²) in [6.07, 6.45) is 4.80. The molecule has 2 aromatic heterocycles. The lowest BCUT2D eigenvalue weighted by Crippen LogP contribution is -2.45. The van der Waals surface area contributed by atoms with Gasteiger partial charge in [0.1, 0.15) is 49.4 Å². The first-order valence-electron chi connectivity index (χ1n) is 21.5. The molecular weight excluding hydrogens is 786 g/mol. The van der Waals surface area contributed by atoms with Crippen LogP contribution < -0.4 is 19.7 Å². The third-order valence-corrected chi connectivity index (χ3v) is 20.2. The molecule has 4 aliphatic rings. The maximum atomic E-state index is 17.7. The molecule has 0 radical (unpaired) electrons. The van der Waals surface area contributed by atoms with Gasteiger partial charge in [-0.3, -0.25) is 14.7 Å². The molecule has 2 aromatic carbocycles. The summed E-state index contributed by atoms with van der Waals surface area (Å²) >= 11 is 0. The van der Waals surface area contributed by atoms with Gasteiger partial charge >= 0.3 is 6.01 Å². The molecule has 0 saturated carbocycles. The van der Waals surface area contributed by atoms with Gasteiger partial charge in [-0.15, -0.1) is 5.54 Å². The van der Waals surface area contributed by atoms with E-state index >= 15 is 8.78 Å². The van der Waals surface area contributed by atoms with Crippen LogP contribution in [0.4, 0.5) is 19.0 Å². The van der Waals surface area contributed by atoms with Crippen molar-refractivity contribution in [1.82, 2.24) is 25.2 Å². The summed E-state index contributed by atoms with van der Waals surface area (Å²) in [5.74, 6) is 2.94. The number of nitrogens with one attached hydrogen (secondary N) is 1. The molecule has 1 amide bonds. The molecule has 10 nitrogen and oxygen atoms in total. The highest BCUT2D eigenvalue weighted by Crippen LogP contribution is 2.45. The number of piperidine rings is 1. The van der Waals surface area contributed by atoms with Crippen LogP contribution in [0.1, 0.15) is 85.6 Å². The lowest BCUT2D eigenvalue weighted by atomic mass is 9.79. The number of carbonyl (C=O) groups is 1. The number of fused-ring (bicyclic) bond motifs is 3. The SMILES string of the molecule is COCOc1cc(-c2ncc3c(N4CCCC5(CNC(=O)C5)C4)nc(OC[C@@]45CCCN4C[C@H](F)C5)nc3c2F)c2c(C#C[Si](C(C)C)(C(C)C)C(C)C)c(F)ccc2c1. The summed E-state index contributed by atoms with van der Waals surface area (Å²) < 4.78 is 66.3. The Balaban J connectivity index is 1.31. The van der Waals surface area contributed by atoms with Gasteiger partial charge in [0.2, 0.25) is 5.91 Å². The topological polar surface area (TPSA) is 102 Å². The summed E-state index contributed by atoms with van der Waals surface area (Å²) in [5, 5.41) is 4.40. The fourth-order valence-corrected chi connectivity index (χ4v) is 16.3. The second-order valence-corrected chi connectivity index (χ2v) is 24.1. The Morgan fingerprint density at radius 3 is 2.50 bits per heavy atom. The third kappa shape index (κ3) is 7.48. The first-order valence-corrected chi connectivity index (χ1v) is 23.7. The lowest BCUT2D eigenvalue weighted by molar-refractivity contribution is -0.119. The number of carbonyl (C=O) groups excluding carboxylic acids is 1. The molecule has 0 bridgehead atoms. The summed E-state index contributed by atoms with van der Waals surface area (Å²) in [6, 6.07) is 6.45. The van der Waals surface area contributed by atoms with Crippen molar-refractivity contribution in [2.75, 3.05) is 58.1 Å². The standard InChI is InChI=1S/C46H57F3N6O4Si/c1-28(2)60(29(3)4,30(5)6)17-12-34-37(48)11-10-31-18-33(59-27-57-7)19-35(39(31)34)41-40(49)42-36(22-50-41)43(54-15-8-13-45(25-54)21-38(56)51-24-45)53-44(52-42)58-26-46-14-9-16-55(46)23-32(47)20-46/h10-11,18-19,22,28-30,32H,8-9,13-16,20-21,23-27H2,1-7H3,(H,51,56)/t32-,45?,46+/m1/s1. The minimum absolute atomic E-state index is 0.0120. The number of ether oxygens (including phenoxy) is 3. The minimum atomic E-state index is -2.31. The highest BCUT2D eigenvalue weighted by atomic mass is 28.3. The van der Waals surface area contributed by atoms with Crippen LogP contribution in [-0.2, 0) is 9.53 Å². The fourth-order valence-electron chi connectivity index (χ4n) is 11.1. The predicted molar refractivity (Wildman–Crippen MR) is 231 cm³/mol. The van der Waals surface area contributed by atoms with Crippen LogP contribution in [0.15, 0.2) is 30.5 Å². The molecule has 320 valence electrons. The van der Waals surface area contributed by atoms with E-state index in [0.717, 1.165) is 32.2 Å². The van der Waals surface area contributed by atoms with Gasteiger partial charge in [-0.05, 0) is 72.4 Å². The second-order valence-electron chi connectivity index (χ2n) is 18.5. The van der Waals surface area contributed by atoms with Crippen molar-refractivity contribution >= 4 is 41.5 Å². The van der Waals surface area contributed by atoms with Crippen LogP contribution in [0.2, 0.25) is 16.6 Å². The normalized spacial score (nSPS) is 23.3. The average molecular weight is 843 g/mol. The van der Waals surface area contributed by atoms with Gasteiger partial charge in [-0.1, -0.05) is 53.5 Å². The molecule has 4 aliphatic heterocycles. The number of rotatable bonds is 11. The molecule has 6 heterocycles. The molecule has 3 atom stereocenters. The highest BCUT2D eigenvalue weighted by molar-refractivity contribution is 6.90. The first-order chi connectivity index (χ1) is 28.7. The number of hydrogen-bond donors (Lipinski definition) is 1. The molecule has 1 N–H and O–H groups in total. The lowest BCUT2D eigenvalue weighted by Gasteiger charge is -2.40. The number of methoxy groups -OCH3 is 1. The number of nitrogens with zero attached hydrogens (tertiary/aromatic N) is 5. The maximum Gasteiger partial charge on any atom is 0.319 e. The first kappa shape index (κ1) is 42.2. The Hall–Kier alpha value is -4.45. The molecule has 14 heteroatoms. The molecular formula is C46H57F3N6O4Si. The van der Waals surface area contributed by atoms with E-state index in [4.69, 9.17) is 29.2 Å². The zero-order valence-corrected chi connectivity index (χ0v) is 36.9. The van der Waals surface area contributed by atoms with Crippen molar-refractivity contribution in [3.8, 4) is 34.5 Å². The Labute approximate surface area is 352 Å². The van der Waals surface area contributed by atoms with Gasteiger partial charge in [0.25, 0.3) is 0 Å². The number of alkyl halides is 1. The van der Waals surface area contributed by atoms with Gasteiger partial charge in [-0.25, -0.2) is 13.2 Å². The maximum absolute atomic E-state index is 17.7. The summed E-state index contributed by atoms with van der Waals surface area (Å²) in [5.41, 5.74) is 4.24. The van der Waals surface area contributed by atoms with Gasteiger partial charge in [0.05, 0.1) is 16.5 Å². The zero-order valence-electron chi connectivity index (χ0n) is 35.9. The summed E-state index contributed by atoms with van der Waals surface area (Å²) in [7, 11) is -0.797. The Kier molecular flexibility index (Phi) is 11.6. The van der Waals surface area contributed by atoms with Crippen LogP contribution in [-0.4, -0.2) is 98.8 Å². The van der Waals surface area contributed by atoms with Gasteiger partial charge in [0, 0.05) is 68.7 Å². The van der Waals surface area contributed by atoms with Crippen molar-refractivity contribution in [1.29, 1.82) is 0 Å². The summed E-state index contributed by atoms with van der Waals surface area (Å²) in [4.78, 5) is 31.1. The number of benzene rings is 2. The molecule has 4 aromatic rings. The highest BCUT2D eigenvalue weighted by Gasteiger charge is 2.50. The van der Waals surface area contributed by atoms with E-state index < -0.39 is 31.4 Å². The van der Waals surface area contributed by atoms with Crippen molar-refractivity contribution in [3.63, 3.8) is 0 Å². The van der Waals surface area contributed by atoms with Gasteiger partial charge < -0.3 is 24.4 Å². The number of anilines is 1. The summed E-state index contributed by atoms with van der Waals surface area (Å²) in [6.45, 7) is 16.2. The average Bonchev–Trinajstić information content (AvgIpc) is 3.87.